The van der Waals surface area contributed by atoms with Gasteiger partial charge in [-0.15, -0.1) is 10.2 Å². The van der Waals surface area contributed by atoms with Gasteiger partial charge in [0.05, 0.1) is 6.04 Å². The molecule has 4 heteroatoms. The smallest absolute Gasteiger partial charge is 0.154 e. The molecule has 1 unspecified atom stereocenters. The topological polar surface area (TPSA) is 42.7 Å². The van der Waals surface area contributed by atoms with Crippen LogP contribution in [0, 0.1) is 0 Å². The molecule has 1 atom stereocenters. The van der Waals surface area contributed by atoms with Gasteiger partial charge in [0.25, 0.3) is 0 Å². The summed E-state index contributed by atoms with van der Waals surface area (Å²) in [6.07, 6.45) is 6.15. The minimum absolute atomic E-state index is 0.178. The molecule has 3 rings (SSSR count). The molecule has 4 nitrogen and oxygen atoms in total. The Morgan fingerprint density at radius 1 is 1.14 bits per heavy atom. The molecule has 2 heterocycles. The Labute approximate surface area is 126 Å². The van der Waals surface area contributed by atoms with Crippen LogP contribution in [0.25, 0.3) is 0 Å². The van der Waals surface area contributed by atoms with Crippen molar-refractivity contribution in [1.29, 1.82) is 0 Å². The fourth-order valence-electron chi connectivity index (χ4n) is 3.03. The quantitative estimate of drug-likeness (QED) is 0.829. The molecule has 21 heavy (non-hydrogen) atoms. The standard InChI is InChI=1S/C17H24N4/c1-2-3-4-8-11-15-19-20-17-16(18-12-13-21(15)17)14-9-6-5-7-10-14/h5-7,9-10,16,18H,2-4,8,11-13H2,1H3. The van der Waals surface area contributed by atoms with Gasteiger partial charge in [0.1, 0.15) is 5.82 Å². The fourth-order valence-corrected chi connectivity index (χ4v) is 3.03. The van der Waals surface area contributed by atoms with Gasteiger partial charge in [0.2, 0.25) is 0 Å². The lowest BCUT2D eigenvalue weighted by Gasteiger charge is -2.25. The molecule has 0 saturated heterocycles. The van der Waals surface area contributed by atoms with E-state index in [9.17, 15) is 0 Å². The summed E-state index contributed by atoms with van der Waals surface area (Å²) in [6, 6.07) is 10.7. The molecule has 0 bridgehead atoms. The summed E-state index contributed by atoms with van der Waals surface area (Å²) in [5.41, 5.74) is 1.27. The Balaban J connectivity index is 1.76. The van der Waals surface area contributed by atoms with Crippen LogP contribution in [-0.2, 0) is 13.0 Å². The molecule has 2 aromatic rings. The third-order valence-electron chi connectivity index (χ3n) is 4.18. The first-order chi connectivity index (χ1) is 10.4. The summed E-state index contributed by atoms with van der Waals surface area (Å²) in [7, 11) is 0. The van der Waals surface area contributed by atoms with E-state index in [1.165, 1.54) is 31.2 Å². The highest BCUT2D eigenvalue weighted by Gasteiger charge is 2.25. The van der Waals surface area contributed by atoms with Crippen LogP contribution >= 0.6 is 0 Å². The number of fused-ring (bicyclic) bond motifs is 1. The zero-order valence-electron chi connectivity index (χ0n) is 12.8. The number of aryl methyl sites for hydroxylation is 1. The third kappa shape index (κ3) is 3.16. The summed E-state index contributed by atoms with van der Waals surface area (Å²) in [6.45, 7) is 4.20. The van der Waals surface area contributed by atoms with Crippen molar-refractivity contribution in [3.8, 4) is 0 Å². The van der Waals surface area contributed by atoms with Crippen LogP contribution in [0.2, 0.25) is 0 Å². The molecule has 0 spiro atoms. The van der Waals surface area contributed by atoms with E-state index in [2.05, 4.69) is 57.3 Å². The molecule has 0 saturated carbocycles. The monoisotopic (exact) mass is 284 g/mol. The van der Waals surface area contributed by atoms with Crippen molar-refractivity contribution >= 4 is 0 Å². The molecule has 1 aliphatic rings. The van der Waals surface area contributed by atoms with Crippen molar-refractivity contribution in [2.75, 3.05) is 6.54 Å². The summed E-state index contributed by atoms with van der Waals surface area (Å²) in [4.78, 5) is 0. The van der Waals surface area contributed by atoms with Crippen LogP contribution in [0.4, 0.5) is 0 Å². The summed E-state index contributed by atoms with van der Waals surface area (Å²) in [5.74, 6) is 2.22. The molecular weight excluding hydrogens is 260 g/mol. The molecule has 1 aromatic carbocycles. The van der Waals surface area contributed by atoms with E-state index >= 15 is 0 Å². The van der Waals surface area contributed by atoms with E-state index in [0.29, 0.717) is 0 Å². The van der Waals surface area contributed by atoms with Gasteiger partial charge < -0.3 is 9.88 Å². The van der Waals surface area contributed by atoms with E-state index in [1.807, 2.05) is 0 Å². The Morgan fingerprint density at radius 3 is 2.81 bits per heavy atom. The second-order valence-electron chi connectivity index (χ2n) is 5.73. The lowest BCUT2D eigenvalue weighted by atomic mass is 10.0. The van der Waals surface area contributed by atoms with Crippen LogP contribution in [-0.4, -0.2) is 21.3 Å². The molecule has 112 valence electrons. The summed E-state index contributed by atoms with van der Waals surface area (Å²) >= 11 is 0. The first-order valence-corrected chi connectivity index (χ1v) is 8.10. The van der Waals surface area contributed by atoms with Crippen molar-refractivity contribution < 1.29 is 0 Å². The summed E-state index contributed by atoms with van der Waals surface area (Å²) < 4.78 is 2.32. The SMILES string of the molecule is CCCCCCc1nnc2n1CCNC2c1ccccc1. The minimum Gasteiger partial charge on any atom is -0.312 e. The van der Waals surface area contributed by atoms with Crippen LogP contribution < -0.4 is 5.32 Å². The Hall–Kier alpha value is -1.68. The largest absolute Gasteiger partial charge is 0.312 e. The van der Waals surface area contributed by atoms with Crippen molar-refractivity contribution in [2.24, 2.45) is 0 Å². The van der Waals surface area contributed by atoms with E-state index < -0.39 is 0 Å². The molecule has 1 N–H and O–H groups in total. The molecule has 0 fully saturated rings. The van der Waals surface area contributed by atoms with Crippen LogP contribution in [0.3, 0.4) is 0 Å². The highest BCUT2D eigenvalue weighted by atomic mass is 15.3. The van der Waals surface area contributed by atoms with Crippen molar-refractivity contribution in [1.82, 2.24) is 20.1 Å². The lowest BCUT2D eigenvalue weighted by Crippen LogP contribution is -2.34. The summed E-state index contributed by atoms with van der Waals surface area (Å²) in [5, 5.41) is 12.5. The van der Waals surface area contributed by atoms with E-state index in [-0.39, 0.29) is 6.04 Å². The maximum absolute atomic E-state index is 4.46. The zero-order valence-corrected chi connectivity index (χ0v) is 12.8. The van der Waals surface area contributed by atoms with Gasteiger partial charge in [-0.3, -0.25) is 0 Å². The second-order valence-corrected chi connectivity index (χ2v) is 5.73. The number of hydrogen-bond acceptors (Lipinski definition) is 3. The predicted molar refractivity (Wildman–Crippen MR) is 84.2 cm³/mol. The fraction of sp³-hybridized carbons (Fsp3) is 0.529. The van der Waals surface area contributed by atoms with Gasteiger partial charge in [-0.25, -0.2) is 0 Å². The first kappa shape index (κ1) is 14.3. The maximum atomic E-state index is 4.46. The zero-order chi connectivity index (χ0) is 14.5. The predicted octanol–water partition coefficient (Wildman–Crippen LogP) is 3.09. The van der Waals surface area contributed by atoms with Gasteiger partial charge in [0.15, 0.2) is 5.82 Å². The average molecular weight is 284 g/mol. The van der Waals surface area contributed by atoms with Crippen molar-refractivity contribution in [3.05, 3.63) is 47.5 Å². The number of rotatable bonds is 6. The molecule has 0 aliphatic carbocycles. The highest BCUT2D eigenvalue weighted by molar-refractivity contribution is 5.26. The number of unbranched alkanes of at least 4 members (excludes halogenated alkanes) is 3. The van der Waals surface area contributed by atoms with E-state index in [4.69, 9.17) is 0 Å². The Morgan fingerprint density at radius 2 is 2.00 bits per heavy atom. The third-order valence-corrected chi connectivity index (χ3v) is 4.18. The lowest BCUT2D eigenvalue weighted by molar-refractivity contribution is 0.445. The normalized spacial score (nSPS) is 17.7. The molecule has 1 aliphatic heterocycles. The van der Waals surface area contributed by atoms with Gasteiger partial charge >= 0.3 is 0 Å². The van der Waals surface area contributed by atoms with Crippen molar-refractivity contribution in [3.63, 3.8) is 0 Å². The first-order valence-electron chi connectivity index (χ1n) is 8.10. The number of benzene rings is 1. The van der Waals surface area contributed by atoms with Crippen LogP contribution in [0.5, 0.6) is 0 Å². The molecule has 1 aromatic heterocycles. The van der Waals surface area contributed by atoms with Gasteiger partial charge in [0, 0.05) is 19.5 Å². The highest BCUT2D eigenvalue weighted by Crippen LogP contribution is 2.24. The van der Waals surface area contributed by atoms with Gasteiger partial charge in [-0.2, -0.15) is 0 Å². The Kier molecular flexibility index (Phi) is 4.65. The number of nitrogens with zero attached hydrogens (tertiary/aromatic N) is 3. The van der Waals surface area contributed by atoms with E-state index in [1.54, 1.807) is 0 Å². The number of hydrogen-bond donors (Lipinski definition) is 1. The second kappa shape index (κ2) is 6.85. The Bertz CT molecular complexity index is 561. The number of nitrogens with one attached hydrogen (secondary N) is 1. The molecule has 0 radical (unpaired) electrons. The average Bonchev–Trinajstić information content (AvgIpc) is 2.96. The van der Waals surface area contributed by atoms with Crippen molar-refractivity contribution in [2.45, 2.75) is 51.6 Å². The van der Waals surface area contributed by atoms with Gasteiger partial charge in [-0.05, 0) is 12.0 Å². The number of aromatic nitrogens is 3. The minimum atomic E-state index is 0.178. The molecule has 0 amide bonds. The van der Waals surface area contributed by atoms with Crippen LogP contribution in [0.1, 0.15) is 55.9 Å². The van der Waals surface area contributed by atoms with Crippen LogP contribution in [0.15, 0.2) is 30.3 Å². The molecular formula is C17H24N4. The maximum Gasteiger partial charge on any atom is 0.154 e. The van der Waals surface area contributed by atoms with E-state index in [0.717, 1.165) is 31.2 Å². The van der Waals surface area contributed by atoms with Gasteiger partial charge in [-0.1, -0.05) is 56.5 Å².